The maximum atomic E-state index is 5.21. The number of hydrogen-bond donors (Lipinski definition) is 0. The van der Waals surface area contributed by atoms with Crippen LogP contribution in [0.15, 0.2) is 17.1 Å². The summed E-state index contributed by atoms with van der Waals surface area (Å²) in [5.74, 6) is 0. The van der Waals surface area contributed by atoms with Crippen molar-refractivity contribution in [3.8, 4) is 0 Å². The molecule has 1 saturated heterocycles. The summed E-state index contributed by atoms with van der Waals surface area (Å²) in [4.78, 5) is 3.74. The van der Waals surface area contributed by atoms with Gasteiger partial charge in [0.15, 0.2) is 0 Å². The highest BCUT2D eigenvalue weighted by Gasteiger charge is 2.44. The van der Waals surface area contributed by atoms with E-state index in [0.717, 1.165) is 0 Å². The van der Waals surface area contributed by atoms with Gasteiger partial charge in [0.25, 0.3) is 0 Å². The van der Waals surface area contributed by atoms with Crippen molar-refractivity contribution in [1.29, 1.82) is 0 Å². The number of nitrogens with zero attached hydrogens (tertiary/aromatic N) is 1. The fourth-order valence-corrected chi connectivity index (χ4v) is 1.08. The van der Waals surface area contributed by atoms with E-state index in [-0.39, 0.29) is 11.2 Å². The molecular formula is C9H15BNO2S. The molecule has 3 nitrogen and oxygen atoms in total. The summed E-state index contributed by atoms with van der Waals surface area (Å²) in [6.07, 6.45) is 1.77. The highest BCUT2D eigenvalue weighted by atomic mass is 32.1. The fraction of sp³-hybridized carbons (Fsp3) is 0.667. The van der Waals surface area contributed by atoms with Gasteiger partial charge in [-0.15, -0.1) is 11.3 Å². The summed E-state index contributed by atoms with van der Waals surface area (Å²) in [5, 5.41) is 1.93. The van der Waals surface area contributed by atoms with Crippen molar-refractivity contribution < 1.29 is 9.31 Å². The molecule has 77 valence electrons. The van der Waals surface area contributed by atoms with Crippen LogP contribution in [0.2, 0.25) is 0 Å². The van der Waals surface area contributed by atoms with Gasteiger partial charge in [-0.3, -0.25) is 4.98 Å². The average molecular weight is 212 g/mol. The van der Waals surface area contributed by atoms with Crippen LogP contribution in [0.25, 0.3) is 0 Å². The third-order valence-corrected chi connectivity index (χ3v) is 3.00. The minimum absolute atomic E-state index is 0.187. The van der Waals surface area contributed by atoms with Crippen molar-refractivity contribution in [3.63, 3.8) is 0 Å². The fourth-order valence-electron chi connectivity index (χ4n) is 0.724. The van der Waals surface area contributed by atoms with E-state index in [2.05, 4.69) is 4.98 Å². The second-order valence-corrected chi connectivity index (χ2v) is 4.78. The van der Waals surface area contributed by atoms with Crippen molar-refractivity contribution in [2.24, 2.45) is 0 Å². The SMILES string of the molecule is CC1(C)O[B]OC1(C)C.c1cscn1. The Kier molecular flexibility index (Phi) is 3.69. The van der Waals surface area contributed by atoms with E-state index in [4.69, 9.17) is 9.31 Å². The van der Waals surface area contributed by atoms with Gasteiger partial charge in [-0.1, -0.05) is 0 Å². The summed E-state index contributed by atoms with van der Waals surface area (Å²) in [7, 11) is 1.42. The Balaban J connectivity index is 0.000000165. The molecule has 1 radical (unpaired) electrons. The topological polar surface area (TPSA) is 31.4 Å². The molecule has 14 heavy (non-hydrogen) atoms. The third kappa shape index (κ3) is 2.80. The molecule has 5 heteroatoms. The van der Waals surface area contributed by atoms with Crippen LogP contribution in [0, 0.1) is 0 Å². The molecule has 0 aliphatic carbocycles. The molecule has 1 aromatic heterocycles. The van der Waals surface area contributed by atoms with E-state index in [9.17, 15) is 0 Å². The molecule has 0 atom stereocenters. The molecule has 0 amide bonds. The van der Waals surface area contributed by atoms with Crippen LogP contribution in [-0.4, -0.2) is 23.9 Å². The molecular weight excluding hydrogens is 197 g/mol. The van der Waals surface area contributed by atoms with Gasteiger partial charge < -0.3 is 9.31 Å². The Morgan fingerprint density at radius 3 is 1.86 bits per heavy atom. The average Bonchev–Trinajstić information content (AvgIpc) is 2.64. The van der Waals surface area contributed by atoms with E-state index in [1.54, 1.807) is 23.0 Å². The van der Waals surface area contributed by atoms with Gasteiger partial charge in [-0.2, -0.15) is 0 Å². The summed E-state index contributed by atoms with van der Waals surface area (Å²) in [6, 6.07) is 0. The molecule has 0 bridgehead atoms. The van der Waals surface area contributed by atoms with E-state index in [0.29, 0.717) is 0 Å². The molecule has 2 heterocycles. The Labute approximate surface area is 89.8 Å². The molecule has 0 N–H and O–H groups in total. The van der Waals surface area contributed by atoms with E-state index in [1.807, 2.05) is 33.1 Å². The van der Waals surface area contributed by atoms with Gasteiger partial charge in [-0.05, 0) is 27.7 Å². The number of hydrogen-bond acceptors (Lipinski definition) is 4. The van der Waals surface area contributed by atoms with Crippen LogP contribution < -0.4 is 0 Å². The first kappa shape index (κ1) is 11.7. The van der Waals surface area contributed by atoms with Crippen LogP contribution >= 0.6 is 11.3 Å². The highest BCUT2D eigenvalue weighted by molar-refractivity contribution is 7.07. The normalized spacial score (nSPS) is 22.0. The minimum atomic E-state index is -0.188. The molecule has 0 aromatic carbocycles. The smallest absolute Gasteiger partial charge is 0.405 e. The first-order chi connectivity index (χ1) is 6.46. The standard InChI is InChI=1S/C6H12BO2.C3H3NS/c1-5(2)6(3,4)9-7-8-5;1-2-5-3-4-1/h1-4H3;1-3H. The summed E-state index contributed by atoms with van der Waals surface area (Å²) in [5.41, 5.74) is 1.42. The molecule has 2 rings (SSSR count). The van der Waals surface area contributed by atoms with Crippen molar-refractivity contribution in [2.75, 3.05) is 0 Å². The summed E-state index contributed by atoms with van der Waals surface area (Å²) < 4.78 is 10.4. The van der Waals surface area contributed by atoms with Crippen LogP contribution in [-0.2, 0) is 9.31 Å². The van der Waals surface area contributed by atoms with Gasteiger partial charge >= 0.3 is 7.69 Å². The lowest BCUT2D eigenvalue weighted by atomic mass is 9.90. The maximum absolute atomic E-state index is 5.21. The van der Waals surface area contributed by atoms with Gasteiger partial charge in [0.05, 0.1) is 16.7 Å². The molecule has 1 fully saturated rings. The van der Waals surface area contributed by atoms with Crippen LogP contribution in [0.4, 0.5) is 0 Å². The lowest BCUT2D eigenvalue weighted by molar-refractivity contribution is 0.00578. The lowest BCUT2D eigenvalue weighted by Gasteiger charge is -2.32. The predicted octanol–water partition coefficient (Wildman–Crippen LogP) is 2.27. The zero-order chi connectivity index (χ0) is 10.7. The molecule has 0 unspecified atom stereocenters. The number of rotatable bonds is 0. The first-order valence-corrected chi connectivity index (χ1v) is 5.39. The summed E-state index contributed by atoms with van der Waals surface area (Å²) in [6.45, 7) is 8.04. The zero-order valence-corrected chi connectivity index (χ0v) is 9.80. The van der Waals surface area contributed by atoms with Crippen LogP contribution in [0.3, 0.4) is 0 Å². The predicted molar refractivity (Wildman–Crippen MR) is 58.2 cm³/mol. The van der Waals surface area contributed by atoms with Crippen LogP contribution in [0.1, 0.15) is 27.7 Å². The van der Waals surface area contributed by atoms with E-state index >= 15 is 0 Å². The van der Waals surface area contributed by atoms with E-state index in [1.165, 1.54) is 7.69 Å². The van der Waals surface area contributed by atoms with Crippen molar-refractivity contribution in [3.05, 3.63) is 17.1 Å². The second-order valence-electron chi connectivity index (χ2n) is 4.03. The number of thiazole rings is 1. The van der Waals surface area contributed by atoms with Gasteiger partial charge in [0, 0.05) is 11.6 Å². The van der Waals surface area contributed by atoms with Crippen molar-refractivity contribution in [1.82, 2.24) is 4.98 Å². The Morgan fingerprint density at radius 2 is 1.71 bits per heavy atom. The molecule has 1 aliphatic heterocycles. The maximum Gasteiger partial charge on any atom is 0.488 e. The van der Waals surface area contributed by atoms with Crippen molar-refractivity contribution >= 4 is 19.0 Å². The van der Waals surface area contributed by atoms with Gasteiger partial charge in [0.1, 0.15) is 0 Å². The molecule has 1 aromatic rings. The van der Waals surface area contributed by atoms with Crippen LogP contribution in [0.5, 0.6) is 0 Å². The molecule has 0 saturated carbocycles. The second kappa shape index (κ2) is 4.42. The highest BCUT2D eigenvalue weighted by Crippen LogP contribution is 2.33. The summed E-state index contributed by atoms with van der Waals surface area (Å²) >= 11 is 1.60. The van der Waals surface area contributed by atoms with Gasteiger partial charge in [-0.25, -0.2) is 0 Å². The zero-order valence-electron chi connectivity index (χ0n) is 8.98. The first-order valence-electron chi connectivity index (χ1n) is 4.45. The number of aromatic nitrogens is 1. The monoisotopic (exact) mass is 212 g/mol. The van der Waals surface area contributed by atoms with E-state index < -0.39 is 0 Å². The Hall–Kier alpha value is -0.385. The van der Waals surface area contributed by atoms with Gasteiger partial charge in [0.2, 0.25) is 0 Å². The third-order valence-electron chi connectivity index (χ3n) is 2.48. The Morgan fingerprint density at radius 1 is 1.14 bits per heavy atom. The lowest BCUT2D eigenvalue weighted by Crippen LogP contribution is -2.41. The minimum Gasteiger partial charge on any atom is -0.405 e. The van der Waals surface area contributed by atoms with Crippen molar-refractivity contribution in [2.45, 2.75) is 38.9 Å². The molecule has 0 spiro atoms. The molecule has 1 aliphatic rings. The Bertz CT molecular complexity index is 231. The largest absolute Gasteiger partial charge is 0.488 e. The quantitative estimate of drug-likeness (QED) is 0.618.